The first kappa shape index (κ1) is 26.4. The minimum Gasteiger partial charge on any atom is -0.481 e. The van der Waals surface area contributed by atoms with Gasteiger partial charge in [0.15, 0.2) is 0 Å². The van der Waals surface area contributed by atoms with Gasteiger partial charge in [-0.25, -0.2) is 0 Å². The summed E-state index contributed by atoms with van der Waals surface area (Å²) in [5.41, 5.74) is 4.99. The lowest BCUT2D eigenvalue weighted by molar-refractivity contribution is -0.137. The van der Waals surface area contributed by atoms with Gasteiger partial charge in [-0.2, -0.15) is 15.8 Å². The van der Waals surface area contributed by atoms with Crippen LogP contribution in [0, 0.1) is 39.4 Å². The molecule has 2 bridgehead atoms. The van der Waals surface area contributed by atoms with Crippen molar-refractivity contribution in [2.75, 3.05) is 0 Å². The van der Waals surface area contributed by atoms with Crippen LogP contribution in [0.1, 0.15) is 112 Å². The highest BCUT2D eigenvalue weighted by Crippen LogP contribution is 2.61. The van der Waals surface area contributed by atoms with Crippen LogP contribution in [0.3, 0.4) is 0 Å². The van der Waals surface area contributed by atoms with Crippen molar-refractivity contribution >= 4 is 5.97 Å². The van der Waals surface area contributed by atoms with Gasteiger partial charge in [0.2, 0.25) is 0 Å². The Morgan fingerprint density at radius 3 is 2.22 bits per heavy atom. The van der Waals surface area contributed by atoms with E-state index in [1.807, 2.05) is 12.1 Å². The summed E-state index contributed by atoms with van der Waals surface area (Å²) in [7, 11) is 0. The quantitative estimate of drug-likeness (QED) is 0.344. The minimum atomic E-state index is -0.831. The third-order valence-electron chi connectivity index (χ3n) is 9.01. The first-order chi connectivity index (χ1) is 17.9. The Balaban J connectivity index is 1.81. The Hall–Kier alpha value is -3.62. The van der Waals surface area contributed by atoms with E-state index >= 15 is 0 Å². The molecule has 3 saturated carbocycles. The van der Waals surface area contributed by atoms with E-state index in [4.69, 9.17) is 0 Å². The van der Waals surface area contributed by atoms with Crippen LogP contribution in [-0.2, 0) is 16.6 Å². The predicted octanol–water partition coefficient (Wildman–Crippen LogP) is 7.55. The van der Waals surface area contributed by atoms with E-state index in [1.165, 1.54) is 25.7 Å². The van der Waals surface area contributed by atoms with Crippen LogP contribution in [0.25, 0.3) is 11.1 Å². The first-order valence-electron chi connectivity index (χ1n) is 13.6. The van der Waals surface area contributed by atoms with Crippen molar-refractivity contribution in [2.24, 2.45) is 5.41 Å². The molecular formula is C32H35N3O2. The zero-order valence-electron chi connectivity index (χ0n) is 21.8. The number of hydrogen-bond acceptors (Lipinski definition) is 4. The summed E-state index contributed by atoms with van der Waals surface area (Å²) in [5, 5.41) is 39.4. The number of nitriles is 3. The summed E-state index contributed by atoms with van der Waals surface area (Å²) in [6.45, 7) is 2.24. The van der Waals surface area contributed by atoms with Crippen molar-refractivity contribution in [2.45, 2.75) is 95.8 Å². The molecule has 0 aliphatic heterocycles. The molecule has 2 aromatic rings. The number of carboxylic acid groups (broad SMARTS) is 1. The highest BCUT2D eigenvalue weighted by atomic mass is 16.4. The second kappa shape index (κ2) is 11.2. The Kier molecular flexibility index (Phi) is 8.00. The fourth-order valence-corrected chi connectivity index (χ4v) is 6.95. The molecule has 1 N–H and O–H groups in total. The molecule has 3 aliphatic rings. The number of aryl methyl sites for hydroxylation is 1. The van der Waals surface area contributed by atoms with Crippen LogP contribution in [0.5, 0.6) is 0 Å². The van der Waals surface area contributed by atoms with Gasteiger partial charge in [0.25, 0.3) is 0 Å². The standard InChI is InChI=1S/C32H35N3O2/c1-2-3-4-11-31-12-15-32(16-13-31,17-14-31)30-25(9-6-10-29(36)37)19-26(27(21-34)28(30)22-35)24-8-5-7-23(18-24)20-33/h5,7-8,18-19H,2-4,6,9-17H2,1H3,(H,36,37). The number of rotatable bonds is 10. The van der Waals surface area contributed by atoms with Gasteiger partial charge >= 0.3 is 5.97 Å². The van der Waals surface area contributed by atoms with Crippen molar-refractivity contribution in [1.29, 1.82) is 15.8 Å². The van der Waals surface area contributed by atoms with Gasteiger partial charge in [-0.15, -0.1) is 0 Å². The van der Waals surface area contributed by atoms with Gasteiger partial charge in [-0.05, 0) is 104 Å². The van der Waals surface area contributed by atoms with E-state index in [0.717, 1.165) is 55.2 Å². The van der Waals surface area contributed by atoms with Crippen molar-refractivity contribution in [3.8, 4) is 29.3 Å². The summed E-state index contributed by atoms with van der Waals surface area (Å²) < 4.78 is 0. The second-order valence-electron chi connectivity index (χ2n) is 11.1. The summed E-state index contributed by atoms with van der Waals surface area (Å²) in [6.07, 6.45) is 12.7. The molecule has 0 radical (unpaired) electrons. The molecule has 3 aliphatic carbocycles. The van der Waals surface area contributed by atoms with E-state index in [2.05, 4.69) is 25.1 Å². The molecule has 0 amide bonds. The molecular weight excluding hydrogens is 458 g/mol. The Morgan fingerprint density at radius 1 is 0.919 bits per heavy atom. The van der Waals surface area contributed by atoms with Crippen LogP contribution in [0.2, 0.25) is 0 Å². The molecule has 0 aromatic heterocycles. The monoisotopic (exact) mass is 493 g/mol. The van der Waals surface area contributed by atoms with Gasteiger partial charge in [0.1, 0.15) is 12.1 Å². The molecule has 2 aromatic carbocycles. The Labute approximate surface area is 220 Å². The predicted molar refractivity (Wildman–Crippen MR) is 143 cm³/mol. The lowest BCUT2D eigenvalue weighted by atomic mass is 9.49. The molecule has 5 nitrogen and oxygen atoms in total. The van der Waals surface area contributed by atoms with Crippen molar-refractivity contribution < 1.29 is 9.90 Å². The molecule has 0 atom stereocenters. The third-order valence-corrected chi connectivity index (χ3v) is 9.01. The van der Waals surface area contributed by atoms with E-state index in [-0.39, 0.29) is 11.8 Å². The molecule has 0 heterocycles. The molecule has 0 unspecified atom stereocenters. The van der Waals surface area contributed by atoms with Crippen LogP contribution in [0.15, 0.2) is 30.3 Å². The Morgan fingerprint density at radius 2 is 1.62 bits per heavy atom. The highest BCUT2D eigenvalue weighted by molar-refractivity contribution is 5.78. The van der Waals surface area contributed by atoms with E-state index in [0.29, 0.717) is 40.5 Å². The largest absolute Gasteiger partial charge is 0.481 e. The maximum atomic E-state index is 11.3. The second-order valence-corrected chi connectivity index (χ2v) is 11.1. The maximum Gasteiger partial charge on any atom is 0.303 e. The molecule has 190 valence electrons. The van der Waals surface area contributed by atoms with Crippen molar-refractivity contribution in [3.05, 3.63) is 58.1 Å². The first-order valence-corrected chi connectivity index (χ1v) is 13.6. The number of benzene rings is 2. The van der Waals surface area contributed by atoms with E-state index < -0.39 is 5.97 Å². The van der Waals surface area contributed by atoms with Crippen molar-refractivity contribution in [1.82, 2.24) is 0 Å². The summed E-state index contributed by atoms with van der Waals surface area (Å²) >= 11 is 0. The number of aliphatic carboxylic acids is 1. The number of unbranched alkanes of at least 4 members (excludes halogenated alkanes) is 2. The smallest absolute Gasteiger partial charge is 0.303 e. The van der Waals surface area contributed by atoms with Gasteiger partial charge in [0.05, 0.1) is 22.8 Å². The summed E-state index contributed by atoms with van der Waals surface area (Å²) in [6, 6.07) is 16.0. The number of nitrogens with zero attached hydrogens (tertiary/aromatic N) is 3. The lowest BCUT2D eigenvalue weighted by Gasteiger charge is -2.55. The highest BCUT2D eigenvalue weighted by Gasteiger charge is 2.50. The maximum absolute atomic E-state index is 11.3. The van der Waals surface area contributed by atoms with Crippen LogP contribution in [-0.4, -0.2) is 11.1 Å². The van der Waals surface area contributed by atoms with Gasteiger partial charge in [-0.3, -0.25) is 4.79 Å². The Bertz CT molecular complexity index is 1280. The zero-order valence-corrected chi connectivity index (χ0v) is 21.8. The minimum absolute atomic E-state index is 0.0636. The lowest BCUT2D eigenvalue weighted by Crippen LogP contribution is -2.45. The van der Waals surface area contributed by atoms with Gasteiger partial charge in [0, 0.05) is 12.0 Å². The fraction of sp³-hybridized carbons (Fsp3) is 0.500. The number of fused-ring (bicyclic) bond motifs is 3. The molecule has 0 saturated heterocycles. The zero-order chi connectivity index (χ0) is 26.5. The SMILES string of the molecule is CCCCCC12CCC(c3c(CCCC(=O)O)cc(-c4cccc(C#N)c4)c(C#N)c3C#N)(CC1)CC2. The topological polar surface area (TPSA) is 109 Å². The van der Waals surface area contributed by atoms with Crippen molar-refractivity contribution in [3.63, 3.8) is 0 Å². The number of carbonyl (C=O) groups is 1. The number of hydrogen-bond donors (Lipinski definition) is 1. The summed E-state index contributed by atoms with van der Waals surface area (Å²) in [4.78, 5) is 11.3. The molecule has 5 rings (SSSR count). The normalized spacial score (nSPS) is 22.1. The van der Waals surface area contributed by atoms with E-state index in [1.54, 1.807) is 18.2 Å². The molecule has 5 heteroatoms. The van der Waals surface area contributed by atoms with E-state index in [9.17, 15) is 25.7 Å². The molecule has 0 spiro atoms. The van der Waals surface area contributed by atoms with Gasteiger partial charge < -0.3 is 5.11 Å². The van der Waals surface area contributed by atoms with Gasteiger partial charge in [-0.1, -0.05) is 38.3 Å². The van der Waals surface area contributed by atoms with Crippen LogP contribution in [0.4, 0.5) is 0 Å². The molecule has 37 heavy (non-hydrogen) atoms. The molecule has 3 fully saturated rings. The number of carboxylic acids is 1. The average molecular weight is 494 g/mol. The fourth-order valence-electron chi connectivity index (χ4n) is 6.95. The average Bonchev–Trinajstić information content (AvgIpc) is 2.93. The third kappa shape index (κ3) is 5.26. The van der Waals surface area contributed by atoms with Crippen LogP contribution >= 0.6 is 0 Å². The van der Waals surface area contributed by atoms with Crippen LogP contribution < -0.4 is 0 Å². The summed E-state index contributed by atoms with van der Waals surface area (Å²) in [5.74, 6) is -0.831.